The molecule has 2 aromatic rings. The molecule has 2 saturated carbocycles. The molecule has 12 nitrogen and oxygen atoms in total. The Morgan fingerprint density at radius 1 is 0.648 bits per heavy atom. The highest BCUT2D eigenvalue weighted by Crippen LogP contribution is 2.58. The number of rotatable bonds is 8. The van der Waals surface area contributed by atoms with Crippen molar-refractivity contribution in [2.24, 2.45) is 0 Å². The van der Waals surface area contributed by atoms with E-state index in [1.165, 1.54) is 19.4 Å². The Morgan fingerprint density at radius 2 is 1.03 bits per heavy atom. The van der Waals surface area contributed by atoms with E-state index in [1.54, 1.807) is 32.0 Å². The number of benzene rings is 2. The van der Waals surface area contributed by atoms with E-state index in [9.17, 15) is 41.0 Å². The number of ether oxygens (including phenoxy) is 6. The fourth-order valence-corrected chi connectivity index (χ4v) is 12.4. The molecule has 2 aliphatic carbocycles. The molecule has 0 aromatic heterocycles. The van der Waals surface area contributed by atoms with Gasteiger partial charge < -0.3 is 42.6 Å². The summed E-state index contributed by atoms with van der Waals surface area (Å²) in [4.78, 5) is 25.9. The van der Waals surface area contributed by atoms with Gasteiger partial charge in [0.05, 0.1) is 36.5 Å². The number of esters is 2. The molecule has 27 heteroatoms. The van der Waals surface area contributed by atoms with Gasteiger partial charge in [0, 0.05) is 60.2 Å². The highest BCUT2D eigenvalue weighted by Gasteiger charge is 2.58. The maximum Gasteiger partial charge on any atom is 0.412 e. The molecular weight excluding hydrogens is 1140 g/mol. The number of carbonyl (C=O) groups is 2. The third kappa shape index (κ3) is 14.7. The maximum atomic E-state index is 13.3. The highest BCUT2D eigenvalue weighted by molar-refractivity contribution is 8.09. The van der Waals surface area contributed by atoms with Crippen LogP contribution in [0.25, 0.3) is 11.1 Å². The first-order valence-corrected chi connectivity index (χ1v) is 30.7. The predicted octanol–water partition coefficient (Wildman–Crippen LogP) is 12.9. The number of aliphatic hydroxyl groups excluding tert-OH is 1. The van der Waals surface area contributed by atoms with Crippen molar-refractivity contribution in [3.63, 3.8) is 0 Å². The van der Waals surface area contributed by atoms with E-state index in [-0.39, 0.29) is 40.5 Å². The van der Waals surface area contributed by atoms with Gasteiger partial charge in [-0.3, -0.25) is 4.52 Å². The molecule has 4 spiro atoms. The number of aryl methyl sites for hydroxylation is 2. The van der Waals surface area contributed by atoms with E-state index >= 15 is 0 Å². The summed E-state index contributed by atoms with van der Waals surface area (Å²) >= 11 is 39.1. The largest absolute Gasteiger partial charge is 0.507 e. The second-order valence-corrected chi connectivity index (χ2v) is 30.0. The van der Waals surface area contributed by atoms with Gasteiger partial charge in [-0.25, -0.2) is 9.59 Å². The van der Waals surface area contributed by atoms with Gasteiger partial charge in [0.25, 0.3) is 0 Å². The molecule has 0 amide bonds. The summed E-state index contributed by atoms with van der Waals surface area (Å²) in [6.45, 7) is 2.14. The van der Waals surface area contributed by atoms with Gasteiger partial charge in [0.2, 0.25) is 6.49 Å². The second kappa shape index (κ2) is 22.6. The molecule has 0 bridgehead atoms. The van der Waals surface area contributed by atoms with E-state index < -0.39 is 72.4 Å². The van der Waals surface area contributed by atoms with Crippen molar-refractivity contribution in [1.82, 2.24) is 0 Å². The molecule has 71 heavy (non-hydrogen) atoms. The molecule has 4 fully saturated rings. The van der Waals surface area contributed by atoms with Crippen LogP contribution in [-0.4, -0.2) is 105 Å². The Balaban J connectivity index is 0.000000201. The fourth-order valence-electron chi connectivity index (χ4n) is 8.92. The average Bonchev–Trinajstić information content (AvgIpc) is 3.65. The molecule has 396 valence electrons. The third-order valence-electron chi connectivity index (χ3n) is 12.2. The first kappa shape index (κ1) is 58.8. The second-order valence-electron chi connectivity index (χ2n) is 17.7. The molecule has 2 atom stereocenters. The minimum absolute atomic E-state index is 0.0114. The third-order valence-corrected chi connectivity index (χ3v) is 16.1. The minimum Gasteiger partial charge on any atom is -0.507 e. The van der Waals surface area contributed by atoms with Crippen LogP contribution in [0.1, 0.15) is 86.5 Å². The lowest BCUT2D eigenvalue weighted by Crippen LogP contribution is -2.49. The SMILES string of the molecule is CP(=S)([ClH+])OCC(F)(F)F.Cc1cc(Cl)cc(Cl)c1C1=C(O)C2(CCC3(CC2)OCCCO3)OC1=O.Cc1cc(Cl)cc(Cl)c1C1=C(OP(C)(=S)OCC(F)(F)F)C2(CCC3(CC2)OCCCO3)OC1=O. The summed E-state index contributed by atoms with van der Waals surface area (Å²) in [5.41, 5.74) is -2.64. The lowest BCUT2D eigenvalue weighted by molar-refractivity contribution is -0.291. The average molecular weight is 1190 g/mol. The van der Waals surface area contributed by atoms with Crippen LogP contribution in [0, 0.1) is 25.1 Å². The molecule has 1 N–H and O–H groups in total. The number of hydrogen-bond acceptors (Lipinski definition) is 14. The van der Waals surface area contributed by atoms with Crippen LogP contribution in [-0.2, 0) is 75.2 Å². The van der Waals surface area contributed by atoms with Gasteiger partial charge in [-0.15, -0.1) is 0 Å². The highest BCUT2D eigenvalue weighted by atomic mass is 35.7. The van der Waals surface area contributed by atoms with Crippen molar-refractivity contribution in [3.8, 4) is 0 Å². The van der Waals surface area contributed by atoms with Crippen LogP contribution in [0.4, 0.5) is 26.3 Å². The zero-order valence-corrected chi connectivity index (χ0v) is 45.7. The van der Waals surface area contributed by atoms with Gasteiger partial charge >= 0.3 is 29.9 Å². The normalized spacial score (nSPS) is 23.1. The summed E-state index contributed by atoms with van der Waals surface area (Å²) in [7, 11) is 0. The van der Waals surface area contributed by atoms with Crippen molar-refractivity contribution < 1.29 is 94.3 Å². The topological polar surface area (TPSA) is 137 Å². The van der Waals surface area contributed by atoms with E-state index in [2.05, 4.69) is 27.6 Å². The number of halogens is 11. The van der Waals surface area contributed by atoms with Crippen molar-refractivity contribution in [3.05, 3.63) is 78.1 Å². The summed E-state index contributed by atoms with van der Waals surface area (Å²) < 4.78 is 123. The first-order valence-electron chi connectivity index (χ1n) is 21.9. The van der Waals surface area contributed by atoms with Gasteiger partial charge in [0.15, 0.2) is 58.7 Å². The standard InChI is InChI=1S/C22H24Cl2F3O6PS.C19H20Cl2O5.C3H6ClF3OPS/c1-13-10-14(23)11-15(24)16(13)17-18(33-34(2,35)31-12-22(25,26)27)20(32-19(17)28)4-6-21(7-5-20)29-8-3-9-30-21;1-11-9-12(20)10-13(21)14(11)15-16(22)18(26-17(15)23)3-5-19(6-4-18)24-7-2-8-25-19;1-9(4,10)8-2-3(5,6)7/h10-11H,3-9,12H2,1-2H3;9-10,22H,2-8H2,1H3;4H,2H2,1H3/q;;+1. The summed E-state index contributed by atoms with van der Waals surface area (Å²) in [6, 6.07) is 6.36. The first-order chi connectivity index (χ1) is 32.8. The van der Waals surface area contributed by atoms with Crippen molar-refractivity contribution >= 4 is 105 Å². The molecule has 0 radical (unpaired) electrons. The predicted molar refractivity (Wildman–Crippen MR) is 259 cm³/mol. The molecule has 4 aliphatic heterocycles. The van der Waals surface area contributed by atoms with Crippen LogP contribution in [0.15, 0.2) is 35.8 Å². The minimum atomic E-state index is -4.59. The molecule has 2 aromatic carbocycles. The molecule has 2 unspecified atom stereocenters. The molecule has 2 saturated heterocycles. The van der Waals surface area contributed by atoms with Gasteiger partial charge in [-0.1, -0.05) is 46.4 Å². The van der Waals surface area contributed by atoms with Crippen LogP contribution in [0.2, 0.25) is 20.1 Å². The summed E-state index contributed by atoms with van der Waals surface area (Å²) in [5, 5.41) is 12.3. The lowest BCUT2D eigenvalue weighted by Gasteiger charge is -2.45. The zero-order chi connectivity index (χ0) is 52.6. The van der Waals surface area contributed by atoms with Gasteiger partial charge in [-0.2, -0.15) is 26.3 Å². The van der Waals surface area contributed by atoms with E-state index in [4.69, 9.17) is 95.7 Å². The monoisotopic (exact) mass is 1190 g/mol. The zero-order valence-electron chi connectivity index (χ0n) is 38.5. The van der Waals surface area contributed by atoms with Crippen molar-refractivity contribution in [2.45, 2.75) is 113 Å². The van der Waals surface area contributed by atoms with Crippen LogP contribution in [0.5, 0.6) is 0 Å². The Kier molecular flexibility index (Phi) is 18.7. The van der Waals surface area contributed by atoms with E-state index in [0.29, 0.717) is 102 Å². The Labute approximate surface area is 441 Å². The molecule has 8 rings (SSSR count). The van der Waals surface area contributed by atoms with Crippen LogP contribution >= 0.6 is 58.5 Å². The van der Waals surface area contributed by atoms with E-state index in [1.807, 2.05) is 0 Å². The number of alkyl halides is 6. The quantitative estimate of drug-likeness (QED) is 0.152. The number of carbonyl (C=O) groups excluding carboxylic acids is 2. The Hall–Kier alpha value is -1.45. The van der Waals surface area contributed by atoms with E-state index in [0.717, 1.165) is 12.8 Å². The fraction of sp³-hybridized carbons (Fsp3) is 0.591. The van der Waals surface area contributed by atoms with Crippen LogP contribution < -0.4 is 0 Å². The number of aliphatic hydroxyl groups is 1. The van der Waals surface area contributed by atoms with Gasteiger partial charge in [0.1, 0.15) is 11.1 Å². The molecular formula is C44H50Cl5F6O12P2S2+. The Bertz CT molecular complexity index is 2460. The Morgan fingerprint density at radius 3 is 1.42 bits per heavy atom. The number of hydrogen-bond donors (Lipinski definition) is 1. The van der Waals surface area contributed by atoms with Crippen molar-refractivity contribution in [1.29, 1.82) is 0 Å². The van der Waals surface area contributed by atoms with Crippen LogP contribution in [0.3, 0.4) is 0 Å². The van der Waals surface area contributed by atoms with Crippen molar-refractivity contribution in [2.75, 3.05) is 53.0 Å². The lowest BCUT2D eigenvalue weighted by atomic mass is 9.79. The summed E-state index contributed by atoms with van der Waals surface area (Å²) in [6.07, 6.45) is -3.94. The summed E-state index contributed by atoms with van der Waals surface area (Å²) in [5.74, 6) is -2.70. The molecule has 6 aliphatic rings. The smallest absolute Gasteiger partial charge is 0.412 e. The maximum absolute atomic E-state index is 13.3. The van der Waals surface area contributed by atoms with Gasteiger partial charge in [-0.05, 0) is 111 Å². The molecule has 4 heterocycles.